The van der Waals surface area contributed by atoms with E-state index in [2.05, 4.69) is 4.90 Å². The Hall–Kier alpha value is -0.650. The number of ether oxygens (including phenoxy) is 2. The van der Waals surface area contributed by atoms with Crippen LogP contribution < -0.4 is 5.73 Å². The molecule has 0 saturated carbocycles. The maximum Gasteiger partial charge on any atom is 0.327 e. The molecule has 5 nitrogen and oxygen atoms in total. The predicted octanol–water partition coefficient (Wildman–Crippen LogP) is -0.401. The third kappa shape index (κ3) is 3.77. The molecule has 0 spiro atoms. The Bertz CT molecular complexity index is 213. The summed E-state index contributed by atoms with van der Waals surface area (Å²) < 4.78 is 10.1. The van der Waals surface area contributed by atoms with Crippen molar-refractivity contribution in [2.45, 2.75) is 19.4 Å². The van der Waals surface area contributed by atoms with Crippen molar-refractivity contribution in [3.63, 3.8) is 0 Å². The first-order valence-corrected chi connectivity index (χ1v) is 5.32. The molecule has 1 heterocycles. The van der Waals surface area contributed by atoms with Gasteiger partial charge in [0, 0.05) is 19.6 Å². The van der Waals surface area contributed by atoms with Crippen LogP contribution in [0.25, 0.3) is 0 Å². The molecule has 1 aliphatic rings. The van der Waals surface area contributed by atoms with Gasteiger partial charge in [0.15, 0.2) is 0 Å². The second-order valence-corrected chi connectivity index (χ2v) is 4.03. The van der Waals surface area contributed by atoms with Crippen LogP contribution in [0.5, 0.6) is 0 Å². The summed E-state index contributed by atoms with van der Waals surface area (Å²) in [5.41, 5.74) is 5.00. The van der Waals surface area contributed by atoms with Gasteiger partial charge in [-0.2, -0.15) is 0 Å². The number of nitrogens with two attached hydrogens (primary N) is 1. The highest BCUT2D eigenvalue weighted by molar-refractivity contribution is 5.80. The van der Waals surface area contributed by atoms with Crippen LogP contribution in [-0.4, -0.2) is 55.9 Å². The van der Waals surface area contributed by atoms with Crippen molar-refractivity contribution in [1.29, 1.82) is 0 Å². The van der Waals surface area contributed by atoms with Crippen LogP contribution in [0.1, 0.15) is 13.8 Å². The van der Waals surface area contributed by atoms with Crippen LogP contribution in [0.15, 0.2) is 0 Å². The fourth-order valence-electron chi connectivity index (χ4n) is 1.58. The van der Waals surface area contributed by atoms with Gasteiger partial charge in [0.2, 0.25) is 0 Å². The average Bonchev–Trinajstić information content (AvgIpc) is 2.19. The van der Waals surface area contributed by atoms with Gasteiger partial charge in [0.05, 0.1) is 19.8 Å². The second-order valence-electron chi connectivity index (χ2n) is 4.03. The summed E-state index contributed by atoms with van der Waals surface area (Å²) in [5.74, 6) is -0.337. The second kappa shape index (κ2) is 5.44. The highest BCUT2D eigenvalue weighted by atomic mass is 16.5. The number of esters is 1. The smallest absolute Gasteiger partial charge is 0.327 e. The third-order valence-electron chi connectivity index (χ3n) is 2.40. The van der Waals surface area contributed by atoms with Crippen molar-refractivity contribution in [2.75, 3.05) is 39.5 Å². The molecule has 5 heteroatoms. The Kier molecular flexibility index (Phi) is 4.50. The summed E-state index contributed by atoms with van der Waals surface area (Å²) >= 11 is 0. The molecule has 88 valence electrons. The first-order valence-electron chi connectivity index (χ1n) is 5.32. The van der Waals surface area contributed by atoms with Gasteiger partial charge in [-0.25, -0.2) is 0 Å². The van der Waals surface area contributed by atoms with E-state index in [1.807, 2.05) is 0 Å². The van der Waals surface area contributed by atoms with Gasteiger partial charge in [-0.15, -0.1) is 0 Å². The number of carbonyl (C=O) groups excluding carboxylic acids is 1. The molecular formula is C10H20N2O3. The van der Waals surface area contributed by atoms with Crippen molar-refractivity contribution >= 4 is 5.97 Å². The molecule has 0 bridgehead atoms. The number of morpholine rings is 1. The van der Waals surface area contributed by atoms with Crippen molar-refractivity contribution < 1.29 is 14.3 Å². The largest absolute Gasteiger partial charge is 0.465 e. The molecule has 1 fully saturated rings. The minimum Gasteiger partial charge on any atom is -0.465 e. The van der Waals surface area contributed by atoms with Crippen LogP contribution in [0.2, 0.25) is 0 Å². The monoisotopic (exact) mass is 216 g/mol. The lowest BCUT2D eigenvalue weighted by atomic mass is 10.0. The van der Waals surface area contributed by atoms with Gasteiger partial charge in [0.25, 0.3) is 0 Å². The Morgan fingerprint density at radius 2 is 2.13 bits per heavy atom. The molecule has 1 saturated heterocycles. The number of carbonyl (C=O) groups is 1. The fraction of sp³-hybridized carbons (Fsp3) is 0.900. The lowest BCUT2D eigenvalue weighted by Crippen LogP contribution is -2.56. The van der Waals surface area contributed by atoms with E-state index >= 15 is 0 Å². The molecule has 0 aromatic rings. The summed E-state index contributed by atoms with van der Waals surface area (Å²) in [4.78, 5) is 13.7. The summed E-state index contributed by atoms with van der Waals surface area (Å²) in [6, 6.07) is 0. The minimum atomic E-state index is -0.923. The van der Waals surface area contributed by atoms with Crippen molar-refractivity contribution in [3.8, 4) is 0 Å². The average molecular weight is 216 g/mol. The Balaban J connectivity index is 2.42. The quantitative estimate of drug-likeness (QED) is 0.648. The molecule has 0 amide bonds. The van der Waals surface area contributed by atoms with E-state index in [4.69, 9.17) is 15.2 Å². The van der Waals surface area contributed by atoms with E-state index in [0.717, 1.165) is 13.1 Å². The van der Waals surface area contributed by atoms with Gasteiger partial charge in [0.1, 0.15) is 5.54 Å². The lowest BCUT2D eigenvalue weighted by Gasteiger charge is -2.33. The van der Waals surface area contributed by atoms with Crippen LogP contribution in [0.4, 0.5) is 0 Å². The van der Waals surface area contributed by atoms with Crippen molar-refractivity contribution in [1.82, 2.24) is 4.90 Å². The summed E-state index contributed by atoms with van der Waals surface area (Å²) in [6.45, 7) is 7.45. The van der Waals surface area contributed by atoms with Gasteiger partial charge in [-0.1, -0.05) is 0 Å². The Labute approximate surface area is 90.5 Å². The molecule has 0 aliphatic carbocycles. The number of hydrogen-bond donors (Lipinski definition) is 1. The molecule has 0 aromatic heterocycles. The van der Waals surface area contributed by atoms with Crippen molar-refractivity contribution in [2.24, 2.45) is 5.73 Å². The molecule has 0 radical (unpaired) electrons. The van der Waals surface area contributed by atoms with Gasteiger partial charge < -0.3 is 15.2 Å². The van der Waals surface area contributed by atoms with Crippen LogP contribution in [-0.2, 0) is 14.3 Å². The van der Waals surface area contributed by atoms with E-state index in [0.29, 0.717) is 26.4 Å². The molecule has 15 heavy (non-hydrogen) atoms. The summed E-state index contributed by atoms with van der Waals surface area (Å²) in [5, 5.41) is 0. The number of rotatable bonds is 4. The zero-order valence-electron chi connectivity index (χ0n) is 9.49. The van der Waals surface area contributed by atoms with Crippen LogP contribution in [0.3, 0.4) is 0 Å². The number of hydrogen-bond acceptors (Lipinski definition) is 5. The van der Waals surface area contributed by atoms with Gasteiger partial charge in [-0.05, 0) is 13.8 Å². The maximum absolute atomic E-state index is 11.5. The molecule has 1 rings (SSSR count). The molecule has 1 unspecified atom stereocenters. The molecule has 1 atom stereocenters. The van der Waals surface area contributed by atoms with E-state index in [-0.39, 0.29) is 5.97 Å². The van der Waals surface area contributed by atoms with Crippen LogP contribution >= 0.6 is 0 Å². The SMILES string of the molecule is CCOC(=O)C(C)(N)CN1CCOCC1. The molecule has 0 aromatic carbocycles. The highest BCUT2D eigenvalue weighted by Crippen LogP contribution is 2.07. The Morgan fingerprint density at radius 1 is 1.53 bits per heavy atom. The number of nitrogens with zero attached hydrogens (tertiary/aromatic N) is 1. The molecule has 1 aliphatic heterocycles. The topological polar surface area (TPSA) is 64.8 Å². The van der Waals surface area contributed by atoms with E-state index in [1.54, 1.807) is 13.8 Å². The van der Waals surface area contributed by atoms with Crippen LogP contribution in [0, 0.1) is 0 Å². The normalized spacial score (nSPS) is 22.1. The van der Waals surface area contributed by atoms with Crippen molar-refractivity contribution in [3.05, 3.63) is 0 Å². The predicted molar refractivity (Wildman–Crippen MR) is 56.5 cm³/mol. The first kappa shape index (κ1) is 12.4. The molecule has 2 N–H and O–H groups in total. The van der Waals surface area contributed by atoms with E-state index < -0.39 is 5.54 Å². The van der Waals surface area contributed by atoms with Gasteiger partial charge >= 0.3 is 5.97 Å². The highest BCUT2D eigenvalue weighted by Gasteiger charge is 2.32. The summed E-state index contributed by atoms with van der Waals surface area (Å²) in [7, 11) is 0. The zero-order valence-corrected chi connectivity index (χ0v) is 9.49. The minimum absolute atomic E-state index is 0.337. The summed E-state index contributed by atoms with van der Waals surface area (Å²) in [6.07, 6.45) is 0. The standard InChI is InChI=1S/C10H20N2O3/c1-3-15-9(13)10(2,11)8-12-4-6-14-7-5-12/h3-8,11H2,1-2H3. The molecular weight excluding hydrogens is 196 g/mol. The van der Waals surface area contributed by atoms with E-state index in [9.17, 15) is 4.79 Å². The maximum atomic E-state index is 11.5. The third-order valence-corrected chi connectivity index (χ3v) is 2.40. The Morgan fingerprint density at radius 3 is 2.67 bits per heavy atom. The fourth-order valence-corrected chi connectivity index (χ4v) is 1.58. The zero-order chi connectivity index (χ0) is 11.3. The van der Waals surface area contributed by atoms with E-state index in [1.165, 1.54) is 0 Å². The first-order chi connectivity index (χ1) is 7.06. The van der Waals surface area contributed by atoms with Gasteiger partial charge in [-0.3, -0.25) is 9.69 Å². The lowest BCUT2D eigenvalue weighted by molar-refractivity contribution is -0.150.